The Morgan fingerprint density at radius 2 is 1.71 bits per heavy atom. The molecule has 2 aromatic carbocycles. The molecule has 5 nitrogen and oxygen atoms in total. The first-order chi connectivity index (χ1) is 16.5. The van der Waals surface area contributed by atoms with E-state index in [0.29, 0.717) is 18.4 Å². The molecule has 1 amide bonds. The van der Waals surface area contributed by atoms with Crippen LogP contribution in [0.1, 0.15) is 43.2 Å². The highest BCUT2D eigenvalue weighted by molar-refractivity contribution is 9.10. The Morgan fingerprint density at radius 1 is 1.03 bits per heavy atom. The van der Waals surface area contributed by atoms with Gasteiger partial charge in [-0.1, -0.05) is 58.4 Å². The van der Waals surface area contributed by atoms with Crippen LogP contribution in [0.3, 0.4) is 0 Å². The summed E-state index contributed by atoms with van der Waals surface area (Å²) in [7, 11) is 0. The Morgan fingerprint density at radius 3 is 2.38 bits per heavy atom. The summed E-state index contributed by atoms with van der Waals surface area (Å²) in [5.74, 6) is 1.17. The Kier molecular flexibility index (Phi) is 6.92. The van der Waals surface area contributed by atoms with Crippen molar-refractivity contribution in [1.29, 1.82) is 0 Å². The van der Waals surface area contributed by atoms with Crippen molar-refractivity contribution in [2.45, 2.75) is 44.7 Å². The van der Waals surface area contributed by atoms with Crippen LogP contribution in [0, 0.1) is 11.3 Å². The van der Waals surface area contributed by atoms with Crippen molar-refractivity contribution in [3.63, 3.8) is 0 Å². The van der Waals surface area contributed by atoms with Gasteiger partial charge in [-0.15, -0.1) is 0 Å². The molecule has 0 aliphatic carbocycles. The second kappa shape index (κ2) is 9.92. The summed E-state index contributed by atoms with van der Waals surface area (Å²) in [5, 5.41) is 3.54. The molecule has 180 valence electrons. The lowest BCUT2D eigenvalue weighted by Gasteiger charge is -2.43. The fourth-order valence-corrected chi connectivity index (χ4v) is 6.74. The highest BCUT2D eigenvalue weighted by Crippen LogP contribution is 2.44. The number of halogens is 1. The van der Waals surface area contributed by atoms with Gasteiger partial charge in [0.1, 0.15) is 5.78 Å². The molecule has 3 fully saturated rings. The molecular formula is C28H34BrN3O2. The minimum absolute atomic E-state index is 0.0899. The summed E-state index contributed by atoms with van der Waals surface area (Å²) in [6, 6.07) is 18.7. The Hall–Kier alpha value is -2.02. The van der Waals surface area contributed by atoms with E-state index < -0.39 is 0 Å². The molecule has 5 rings (SSSR count). The van der Waals surface area contributed by atoms with E-state index in [2.05, 4.69) is 62.5 Å². The first kappa shape index (κ1) is 23.7. The molecule has 0 saturated carbocycles. The number of Topliss-reactive ketones (excluding diaryl/α,β-unsaturated/α-hetero) is 1. The van der Waals surface area contributed by atoms with Crippen LogP contribution in [-0.2, 0) is 16.1 Å². The van der Waals surface area contributed by atoms with E-state index in [1.54, 1.807) is 6.92 Å². The molecule has 3 aliphatic heterocycles. The zero-order chi connectivity index (χ0) is 23.7. The molecule has 3 saturated heterocycles. The maximum atomic E-state index is 13.5. The number of nitrogens with zero attached hydrogens (tertiary/aromatic N) is 2. The van der Waals surface area contributed by atoms with Gasteiger partial charge in [-0.25, -0.2) is 0 Å². The summed E-state index contributed by atoms with van der Waals surface area (Å²) in [5.41, 5.74) is 2.23. The minimum Gasteiger partial charge on any atom is -0.338 e. The van der Waals surface area contributed by atoms with Crippen molar-refractivity contribution in [1.82, 2.24) is 15.1 Å². The molecule has 3 aliphatic rings. The van der Waals surface area contributed by atoms with E-state index in [0.717, 1.165) is 56.5 Å². The number of rotatable bonds is 6. The van der Waals surface area contributed by atoms with Crippen LogP contribution in [0.5, 0.6) is 0 Å². The van der Waals surface area contributed by atoms with E-state index in [1.807, 2.05) is 23.1 Å². The monoisotopic (exact) mass is 523 g/mol. The van der Waals surface area contributed by atoms with Crippen LogP contribution in [0.15, 0.2) is 59.1 Å². The molecule has 34 heavy (non-hydrogen) atoms. The van der Waals surface area contributed by atoms with Gasteiger partial charge in [0.2, 0.25) is 5.91 Å². The summed E-state index contributed by atoms with van der Waals surface area (Å²) < 4.78 is 1.06. The maximum absolute atomic E-state index is 13.5. The Balaban J connectivity index is 1.26. The van der Waals surface area contributed by atoms with Gasteiger partial charge in [0.25, 0.3) is 0 Å². The molecule has 3 heterocycles. The van der Waals surface area contributed by atoms with E-state index >= 15 is 0 Å². The average Bonchev–Trinajstić information content (AvgIpc) is 3.43. The van der Waals surface area contributed by atoms with Crippen molar-refractivity contribution in [3.8, 4) is 0 Å². The maximum Gasteiger partial charge on any atom is 0.229 e. The lowest BCUT2D eigenvalue weighted by atomic mass is 9.75. The zero-order valence-corrected chi connectivity index (χ0v) is 21.5. The zero-order valence-electron chi connectivity index (χ0n) is 19.9. The van der Waals surface area contributed by atoms with Crippen molar-refractivity contribution < 1.29 is 9.59 Å². The SMILES string of the molecule is CC(=O)C([C@@H]1CNC[C@@H]1c1ccccc1)N1CCC2(CCN(Cc3ccc(Br)cc3)C2=O)CC1. The second-order valence-electron chi connectivity index (χ2n) is 10.3. The number of likely N-dealkylation sites (tertiary alicyclic amines) is 2. The number of carbonyl (C=O) groups is 2. The quantitative estimate of drug-likeness (QED) is 0.615. The van der Waals surface area contributed by atoms with Gasteiger partial charge in [-0.3, -0.25) is 14.5 Å². The third-order valence-corrected chi connectivity index (χ3v) is 8.88. The predicted octanol–water partition coefficient (Wildman–Crippen LogP) is 4.22. The molecule has 1 spiro atoms. The molecule has 0 aromatic heterocycles. The molecule has 3 atom stereocenters. The van der Waals surface area contributed by atoms with E-state index in [4.69, 9.17) is 0 Å². The van der Waals surface area contributed by atoms with E-state index in [1.165, 1.54) is 11.1 Å². The predicted molar refractivity (Wildman–Crippen MR) is 137 cm³/mol. The molecule has 2 aromatic rings. The number of nitrogens with one attached hydrogen (secondary N) is 1. The summed E-state index contributed by atoms with van der Waals surface area (Å²) >= 11 is 3.48. The molecule has 6 heteroatoms. The summed E-state index contributed by atoms with van der Waals surface area (Å²) in [6.07, 6.45) is 2.63. The lowest BCUT2D eigenvalue weighted by Crippen LogP contribution is -2.53. The number of hydrogen-bond donors (Lipinski definition) is 1. The number of benzene rings is 2. The van der Waals surface area contributed by atoms with Gasteiger partial charge in [0.15, 0.2) is 0 Å². The van der Waals surface area contributed by atoms with E-state index in [9.17, 15) is 9.59 Å². The molecule has 1 N–H and O–H groups in total. The van der Waals surface area contributed by atoms with Crippen LogP contribution >= 0.6 is 15.9 Å². The highest BCUT2D eigenvalue weighted by Gasteiger charge is 2.50. The van der Waals surface area contributed by atoms with Crippen LogP contribution in [0.4, 0.5) is 0 Å². The van der Waals surface area contributed by atoms with Gasteiger partial charge in [-0.2, -0.15) is 0 Å². The largest absolute Gasteiger partial charge is 0.338 e. The standard InChI is InChI=1S/C28H34BrN3O2/c1-20(33)26(25-18-30-17-24(25)22-5-3-2-4-6-22)31-14-11-28(12-15-31)13-16-32(27(28)34)19-21-7-9-23(29)10-8-21/h2-10,24-26,30H,11-19H2,1H3/t24-,25-,26?/m1/s1. The van der Waals surface area contributed by atoms with Crippen LogP contribution < -0.4 is 5.32 Å². The van der Waals surface area contributed by atoms with Crippen molar-refractivity contribution >= 4 is 27.6 Å². The molecular weight excluding hydrogens is 490 g/mol. The number of piperidine rings is 1. The van der Waals surface area contributed by atoms with Gasteiger partial charge in [0, 0.05) is 42.5 Å². The molecule has 0 radical (unpaired) electrons. The summed E-state index contributed by atoms with van der Waals surface area (Å²) in [6.45, 7) is 6.68. The first-order valence-electron chi connectivity index (χ1n) is 12.5. The van der Waals surface area contributed by atoms with Crippen LogP contribution in [0.2, 0.25) is 0 Å². The smallest absolute Gasteiger partial charge is 0.229 e. The molecule has 1 unspecified atom stereocenters. The minimum atomic E-state index is -0.250. The van der Waals surface area contributed by atoms with Crippen molar-refractivity contribution in [3.05, 3.63) is 70.2 Å². The van der Waals surface area contributed by atoms with Crippen LogP contribution in [-0.4, -0.2) is 60.3 Å². The third kappa shape index (κ3) is 4.60. The molecule has 0 bridgehead atoms. The lowest BCUT2D eigenvalue weighted by molar-refractivity contribution is -0.139. The van der Waals surface area contributed by atoms with Crippen LogP contribution in [0.25, 0.3) is 0 Å². The van der Waals surface area contributed by atoms with Crippen molar-refractivity contribution in [2.75, 3.05) is 32.7 Å². The van der Waals surface area contributed by atoms with Gasteiger partial charge in [-0.05, 0) is 62.5 Å². The average molecular weight is 525 g/mol. The normalized spacial score (nSPS) is 25.7. The highest BCUT2D eigenvalue weighted by atomic mass is 79.9. The fourth-order valence-electron chi connectivity index (χ4n) is 6.47. The number of ketones is 1. The van der Waals surface area contributed by atoms with Gasteiger partial charge >= 0.3 is 0 Å². The fraction of sp³-hybridized carbons (Fsp3) is 0.500. The van der Waals surface area contributed by atoms with Gasteiger partial charge < -0.3 is 10.2 Å². The Labute approximate surface area is 211 Å². The van der Waals surface area contributed by atoms with Crippen molar-refractivity contribution in [2.24, 2.45) is 11.3 Å². The number of carbonyl (C=O) groups excluding carboxylic acids is 2. The van der Waals surface area contributed by atoms with Gasteiger partial charge in [0.05, 0.1) is 11.5 Å². The first-order valence-corrected chi connectivity index (χ1v) is 13.3. The summed E-state index contributed by atoms with van der Waals surface area (Å²) in [4.78, 5) is 30.8. The number of amides is 1. The van der Waals surface area contributed by atoms with E-state index in [-0.39, 0.29) is 23.2 Å². The third-order valence-electron chi connectivity index (χ3n) is 8.35. The Bertz CT molecular complexity index is 1020. The number of hydrogen-bond acceptors (Lipinski definition) is 4. The topological polar surface area (TPSA) is 52.7 Å². The second-order valence-corrected chi connectivity index (χ2v) is 11.2.